The summed E-state index contributed by atoms with van der Waals surface area (Å²) in [6.45, 7) is 2.08. The van der Waals surface area contributed by atoms with Crippen molar-refractivity contribution in [3.63, 3.8) is 0 Å². The predicted octanol–water partition coefficient (Wildman–Crippen LogP) is 4.76. The summed E-state index contributed by atoms with van der Waals surface area (Å²) in [5.74, 6) is 0.671. The molecule has 2 heteroatoms. The minimum absolute atomic E-state index is 0.123. The van der Waals surface area contributed by atoms with Crippen LogP contribution in [0.25, 0.3) is 0 Å². The molecule has 0 aromatic heterocycles. The zero-order valence-corrected chi connectivity index (χ0v) is 12.2. The fraction of sp³-hybridized carbons (Fsp3) is 0.647. The molecule has 1 aliphatic carbocycles. The molecule has 19 heavy (non-hydrogen) atoms. The Kier molecular flexibility index (Phi) is 5.38. The van der Waals surface area contributed by atoms with Gasteiger partial charge in [0.1, 0.15) is 5.82 Å². The van der Waals surface area contributed by atoms with Gasteiger partial charge in [-0.15, -0.1) is 0 Å². The number of benzene rings is 1. The lowest BCUT2D eigenvalue weighted by Crippen LogP contribution is -2.21. The Morgan fingerprint density at radius 3 is 2.53 bits per heavy atom. The van der Waals surface area contributed by atoms with E-state index in [4.69, 9.17) is 0 Å². The molecule has 1 aromatic rings. The van der Waals surface area contributed by atoms with Crippen LogP contribution in [0.1, 0.15) is 62.1 Å². The van der Waals surface area contributed by atoms with Crippen LogP contribution in [0.2, 0.25) is 0 Å². The minimum atomic E-state index is -0.123. The fourth-order valence-corrected chi connectivity index (χ4v) is 3.32. The second-order valence-electron chi connectivity index (χ2n) is 5.94. The van der Waals surface area contributed by atoms with E-state index >= 15 is 0 Å². The number of aryl methyl sites for hydroxylation is 1. The maximum Gasteiger partial charge on any atom is 0.123 e. The number of halogens is 1. The van der Waals surface area contributed by atoms with Crippen LogP contribution in [0.5, 0.6) is 0 Å². The molecule has 1 aliphatic rings. The van der Waals surface area contributed by atoms with Crippen LogP contribution in [-0.4, -0.2) is 7.05 Å². The third kappa shape index (κ3) is 4.04. The van der Waals surface area contributed by atoms with Crippen LogP contribution in [0.15, 0.2) is 18.2 Å². The van der Waals surface area contributed by atoms with Gasteiger partial charge in [0.2, 0.25) is 0 Å². The lowest BCUT2D eigenvalue weighted by Gasteiger charge is -2.24. The Hall–Kier alpha value is -0.890. The summed E-state index contributed by atoms with van der Waals surface area (Å²) in [5.41, 5.74) is 2.32. The van der Waals surface area contributed by atoms with Gasteiger partial charge in [-0.25, -0.2) is 4.39 Å². The predicted molar refractivity (Wildman–Crippen MR) is 78.7 cm³/mol. The molecule has 1 saturated carbocycles. The lowest BCUT2D eigenvalue weighted by atomic mass is 9.88. The van der Waals surface area contributed by atoms with Crippen molar-refractivity contribution >= 4 is 0 Å². The van der Waals surface area contributed by atoms with Gasteiger partial charge in [0.05, 0.1) is 0 Å². The van der Waals surface area contributed by atoms with E-state index < -0.39 is 0 Å². The normalized spacial score (nSPS) is 19.1. The fourth-order valence-electron chi connectivity index (χ4n) is 3.32. The molecule has 0 saturated heterocycles. The SMILES string of the molecule is CNC(CC1CCCCCC1)c1cc(F)ccc1C. The van der Waals surface area contributed by atoms with Crippen molar-refractivity contribution in [1.29, 1.82) is 0 Å². The highest BCUT2D eigenvalue weighted by Crippen LogP contribution is 2.32. The van der Waals surface area contributed by atoms with Crippen LogP contribution in [0.4, 0.5) is 4.39 Å². The molecular formula is C17H26FN. The Morgan fingerprint density at radius 1 is 1.21 bits per heavy atom. The lowest BCUT2D eigenvalue weighted by molar-refractivity contribution is 0.366. The molecule has 1 fully saturated rings. The van der Waals surface area contributed by atoms with E-state index in [2.05, 4.69) is 12.2 Å². The van der Waals surface area contributed by atoms with Crippen molar-refractivity contribution in [2.24, 2.45) is 5.92 Å². The van der Waals surface area contributed by atoms with Crippen LogP contribution in [-0.2, 0) is 0 Å². The monoisotopic (exact) mass is 263 g/mol. The van der Waals surface area contributed by atoms with Crippen LogP contribution in [0, 0.1) is 18.7 Å². The Morgan fingerprint density at radius 2 is 1.89 bits per heavy atom. The quantitative estimate of drug-likeness (QED) is 0.773. The highest BCUT2D eigenvalue weighted by molar-refractivity contribution is 5.29. The minimum Gasteiger partial charge on any atom is -0.313 e. The van der Waals surface area contributed by atoms with Gasteiger partial charge in [-0.2, -0.15) is 0 Å². The van der Waals surface area contributed by atoms with Gasteiger partial charge in [0, 0.05) is 6.04 Å². The topological polar surface area (TPSA) is 12.0 Å². The summed E-state index contributed by atoms with van der Waals surface area (Å²) >= 11 is 0. The van der Waals surface area contributed by atoms with E-state index in [1.165, 1.54) is 44.1 Å². The Labute approximate surface area is 116 Å². The third-order valence-corrected chi connectivity index (χ3v) is 4.51. The Balaban J connectivity index is 2.08. The van der Waals surface area contributed by atoms with E-state index in [1.54, 1.807) is 12.1 Å². The number of nitrogens with one attached hydrogen (secondary N) is 1. The zero-order valence-electron chi connectivity index (χ0n) is 12.2. The summed E-state index contributed by atoms with van der Waals surface area (Å²) in [5, 5.41) is 3.39. The molecular weight excluding hydrogens is 237 g/mol. The van der Waals surface area contributed by atoms with E-state index in [1.807, 2.05) is 13.1 Å². The first-order valence-electron chi connectivity index (χ1n) is 7.64. The number of rotatable bonds is 4. The smallest absolute Gasteiger partial charge is 0.123 e. The van der Waals surface area contributed by atoms with Gasteiger partial charge in [-0.1, -0.05) is 44.6 Å². The van der Waals surface area contributed by atoms with Crippen molar-refractivity contribution in [2.45, 2.75) is 57.9 Å². The second kappa shape index (κ2) is 7.04. The molecule has 1 nitrogen and oxygen atoms in total. The number of hydrogen-bond donors (Lipinski definition) is 1. The maximum atomic E-state index is 13.5. The first kappa shape index (κ1) is 14.5. The summed E-state index contributed by atoms with van der Waals surface area (Å²) in [7, 11) is 1.99. The average Bonchev–Trinajstić information content (AvgIpc) is 2.67. The third-order valence-electron chi connectivity index (χ3n) is 4.51. The highest BCUT2D eigenvalue weighted by atomic mass is 19.1. The molecule has 0 heterocycles. The van der Waals surface area contributed by atoms with Crippen molar-refractivity contribution in [1.82, 2.24) is 5.32 Å². The van der Waals surface area contributed by atoms with Gasteiger partial charge in [-0.05, 0) is 49.6 Å². The van der Waals surface area contributed by atoms with Crippen molar-refractivity contribution < 1.29 is 4.39 Å². The molecule has 0 aliphatic heterocycles. The molecule has 1 unspecified atom stereocenters. The summed E-state index contributed by atoms with van der Waals surface area (Å²) < 4.78 is 13.5. The van der Waals surface area contributed by atoms with Gasteiger partial charge < -0.3 is 5.32 Å². The van der Waals surface area contributed by atoms with E-state index in [0.717, 1.165) is 17.9 Å². The van der Waals surface area contributed by atoms with Crippen molar-refractivity contribution in [3.05, 3.63) is 35.1 Å². The van der Waals surface area contributed by atoms with E-state index in [0.29, 0.717) is 6.04 Å². The molecule has 1 atom stereocenters. The molecule has 0 radical (unpaired) electrons. The standard InChI is InChI=1S/C17H26FN/c1-13-9-10-15(18)12-16(13)17(19-2)11-14-7-5-3-4-6-8-14/h9-10,12,14,17,19H,3-8,11H2,1-2H3. The molecule has 0 amide bonds. The molecule has 0 bridgehead atoms. The summed E-state index contributed by atoms with van der Waals surface area (Å²) in [6.07, 6.45) is 9.33. The first-order chi connectivity index (χ1) is 9.20. The molecule has 1 aromatic carbocycles. The van der Waals surface area contributed by atoms with Gasteiger partial charge in [0.15, 0.2) is 0 Å². The first-order valence-corrected chi connectivity index (χ1v) is 7.64. The molecule has 1 N–H and O–H groups in total. The van der Waals surface area contributed by atoms with E-state index in [9.17, 15) is 4.39 Å². The molecule has 2 rings (SSSR count). The second-order valence-corrected chi connectivity index (χ2v) is 5.94. The zero-order chi connectivity index (χ0) is 13.7. The van der Waals surface area contributed by atoms with Gasteiger partial charge in [0.25, 0.3) is 0 Å². The van der Waals surface area contributed by atoms with E-state index in [-0.39, 0.29) is 5.82 Å². The maximum absolute atomic E-state index is 13.5. The van der Waals surface area contributed by atoms with Crippen LogP contribution in [0.3, 0.4) is 0 Å². The average molecular weight is 263 g/mol. The highest BCUT2D eigenvalue weighted by Gasteiger charge is 2.19. The molecule has 106 valence electrons. The van der Waals surface area contributed by atoms with Crippen molar-refractivity contribution in [2.75, 3.05) is 7.05 Å². The Bertz CT molecular complexity index is 394. The number of hydrogen-bond acceptors (Lipinski definition) is 1. The van der Waals surface area contributed by atoms with Crippen LogP contribution < -0.4 is 5.32 Å². The van der Waals surface area contributed by atoms with Crippen molar-refractivity contribution in [3.8, 4) is 0 Å². The van der Waals surface area contributed by atoms with Gasteiger partial charge >= 0.3 is 0 Å². The van der Waals surface area contributed by atoms with Crippen LogP contribution >= 0.6 is 0 Å². The summed E-state index contributed by atoms with van der Waals surface area (Å²) in [4.78, 5) is 0. The largest absolute Gasteiger partial charge is 0.313 e. The molecule has 0 spiro atoms. The van der Waals surface area contributed by atoms with Gasteiger partial charge in [-0.3, -0.25) is 0 Å². The summed E-state index contributed by atoms with van der Waals surface area (Å²) in [6, 6.07) is 5.44.